The predicted molar refractivity (Wildman–Crippen MR) is 127 cm³/mol. The molecule has 1 amide bonds. The van der Waals surface area contributed by atoms with Crippen LogP contribution >= 0.6 is 0 Å². The Hall–Kier alpha value is -3.08. The van der Waals surface area contributed by atoms with Crippen LogP contribution in [0.2, 0.25) is 0 Å². The number of aliphatic hydroxyl groups is 1. The first-order chi connectivity index (χ1) is 15.1. The topological polar surface area (TPSA) is 66.8 Å². The minimum atomic E-state index is -0.663. The highest BCUT2D eigenvalue weighted by molar-refractivity contribution is 6.46. The highest BCUT2D eigenvalue weighted by atomic mass is 16.5. The zero-order chi connectivity index (χ0) is 23.6. The van der Waals surface area contributed by atoms with Crippen LogP contribution < -0.4 is 4.74 Å². The van der Waals surface area contributed by atoms with Crippen molar-refractivity contribution in [2.45, 2.75) is 58.9 Å². The summed E-state index contributed by atoms with van der Waals surface area (Å²) in [6, 6.07) is 12.8. The lowest BCUT2D eigenvalue weighted by molar-refractivity contribution is -0.139. The molecule has 2 aromatic rings. The maximum Gasteiger partial charge on any atom is 0.295 e. The number of benzene rings is 2. The van der Waals surface area contributed by atoms with E-state index in [2.05, 4.69) is 27.7 Å². The first-order valence-electron chi connectivity index (χ1n) is 11.2. The molecule has 1 aliphatic heterocycles. The van der Waals surface area contributed by atoms with Gasteiger partial charge in [0.25, 0.3) is 11.7 Å². The van der Waals surface area contributed by atoms with E-state index in [1.807, 2.05) is 43.3 Å². The van der Waals surface area contributed by atoms with Gasteiger partial charge in [-0.2, -0.15) is 0 Å². The van der Waals surface area contributed by atoms with Crippen molar-refractivity contribution in [2.75, 3.05) is 13.7 Å². The van der Waals surface area contributed by atoms with E-state index in [0.29, 0.717) is 24.3 Å². The molecule has 32 heavy (non-hydrogen) atoms. The molecule has 3 rings (SSSR count). The van der Waals surface area contributed by atoms with Gasteiger partial charge in [-0.05, 0) is 47.1 Å². The number of amides is 1. The SMILES string of the molecule is CCCN1C(=O)C(=O)/C(=C(/O)c2cc(C(C)(C)C)ccc2OC)C1c1ccc(CC)cc1. The van der Waals surface area contributed by atoms with Crippen molar-refractivity contribution in [3.8, 4) is 5.75 Å². The lowest BCUT2D eigenvalue weighted by Gasteiger charge is -2.25. The van der Waals surface area contributed by atoms with E-state index in [-0.39, 0.29) is 16.7 Å². The maximum atomic E-state index is 13.1. The van der Waals surface area contributed by atoms with E-state index in [1.54, 1.807) is 11.0 Å². The van der Waals surface area contributed by atoms with E-state index in [1.165, 1.54) is 12.7 Å². The average Bonchev–Trinajstić information content (AvgIpc) is 3.03. The molecule has 0 radical (unpaired) electrons. The zero-order valence-corrected chi connectivity index (χ0v) is 19.9. The summed E-state index contributed by atoms with van der Waals surface area (Å²) < 4.78 is 5.50. The third-order valence-electron chi connectivity index (χ3n) is 6.03. The van der Waals surface area contributed by atoms with Gasteiger partial charge >= 0.3 is 0 Å². The molecule has 1 unspecified atom stereocenters. The summed E-state index contributed by atoms with van der Waals surface area (Å²) in [4.78, 5) is 27.6. The van der Waals surface area contributed by atoms with Crippen molar-refractivity contribution in [1.29, 1.82) is 0 Å². The van der Waals surface area contributed by atoms with Gasteiger partial charge in [0.2, 0.25) is 0 Å². The summed E-state index contributed by atoms with van der Waals surface area (Å²) in [6.07, 6.45) is 1.60. The molecule has 2 aromatic carbocycles. The Morgan fingerprint density at radius 3 is 2.25 bits per heavy atom. The van der Waals surface area contributed by atoms with Crippen molar-refractivity contribution in [2.24, 2.45) is 0 Å². The minimum absolute atomic E-state index is 0.108. The van der Waals surface area contributed by atoms with Crippen LogP contribution in [0.3, 0.4) is 0 Å². The molecule has 0 aromatic heterocycles. The van der Waals surface area contributed by atoms with Gasteiger partial charge in [-0.25, -0.2) is 0 Å². The molecular weight excluding hydrogens is 402 g/mol. The van der Waals surface area contributed by atoms with Crippen molar-refractivity contribution >= 4 is 17.4 Å². The Morgan fingerprint density at radius 1 is 1.06 bits per heavy atom. The predicted octanol–water partition coefficient (Wildman–Crippen LogP) is 5.39. The van der Waals surface area contributed by atoms with E-state index in [4.69, 9.17) is 4.74 Å². The van der Waals surface area contributed by atoms with E-state index >= 15 is 0 Å². The summed E-state index contributed by atoms with van der Waals surface area (Å²) in [5.74, 6) is -0.987. The van der Waals surface area contributed by atoms with Crippen LogP contribution in [0.15, 0.2) is 48.0 Å². The second-order valence-electron chi connectivity index (χ2n) is 9.25. The Bertz CT molecular complexity index is 1040. The summed E-state index contributed by atoms with van der Waals surface area (Å²) in [5, 5.41) is 11.4. The van der Waals surface area contributed by atoms with Gasteiger partial charge in [-0.15, -0.1) is 0 Å². The highest BCUT2D eigenvalue weighted by Gasteiger charge is 2.46. The molecule has 0 spiro atoms. The number of hydrogen-bond acceptors (Lipinski definition) is 4. The Kier molecular flexibility index (Phi) is 6.77. The summed E-state index contributed by atoms with van der Waals surface area (Å²) in [5.41, 5.74) is 3.33. The molecule has 170 valence electrons. The van der Waals surface area contributed by atoms with Crippen molar-refractivity contribution in [3.05, 3.63) is 70.3 Å². The Morgan fingerprint density at radius 2 is 1.72 bits per heavy atom. The highest BCUT2D eigenvalue weighted by Crippen LogP contribution is 2.41. The summed E-state index contributed by atoms with van der Waals surface area (Å²) in [7, 11) is 1.53. The second kappa shape index (κ2) is 9.19. The number of ether oxygens (including phenoxy) is 1. The Balaban J connectivity index is 2.25. The number of aliphatic hydroxyl groups excluding tert-OH is 1. The van der Waals surface area contributed by atoms with Crippen LogP contribution in [0.1, 0.15) is 69.3 Å². The number of rotatable bonds is 6. The van der Waals surface area contributed by atoms with Crippen LogP contribution in [-0.2, 0) is 21.4 Å². The number of likely N-dealkylation sites (tertiary alicyclic amines) is 1. The smallest absolute Gasteiger partial charge is 0.295 e. The Labute approximate surface area is 190 Å². The number of carbonyl (C=O) groups excluding carboxylic acids is 2. The van der Waals surface area contributed by atoms with E-state index < -0.39 is 17.7 Å². The number of carbonyl (C=O) groups is 2. The maximum absolute atomic E-state index is 13.1. The number of methoxy groups -OCH3 is 1. The normalized spacial score (nSPS) is 18.3. The van der Waals surface area contributed by atoms with Gasteiger partial charge < -0.3 is 14.7 Å². The molecule has 5 nitrogen and oxygen atoms in total. The van der Waals surface area contributed by atoms with Crippen molar-refractivity contribution in [1.82, 2.24) is 4.90 Å². The number of hydrogen-bond donors (Lipinski definition) is 1. The molecule has 1 heterocycles. The molecule has 1 atom stereocenters. The minimum Gasteiger partial charge on any atom is -0.507 e. The molecule has 0 saturated carbocycles. The summed E-state index contributed by atoms with van der Waals surface area (Å²) in [6.45, 7) is 10.7. The fourth-order valence-electron chi connectivity index (χ4n) is 4.14. The first kappa shape index (κ1) is 23.6. The van der Waals surface area contributed by atoms with E-state index in [0.717, 1.165) is 17.5 Å². The molecule has 5 heteroatoms. The molecule has 0 aliphatic carbocycles. The number of ketones is 1. The molecular formula is C27H33NO4. The zero-order valence-electron chi connectivity index (χ0n) is 19.9. The fourth-order valence-corrected chi connectivity index (χ4v) is 4.14. The molecule has 1 fully saturated rings. The average molecular weight is 436 g/mol. The number of nitrogens with zero attached hydrogens (tertiary/aromatic N) is 1. The van der Waals surface area contributed by atoms with Gasteiger partial charge in [-0.3, -0.25) is 9.59 Å². The monoisotopic (exact) mass is 435 g/mol. The van der Waals surface area contributed by atoms with E-state index in [9.17, 15) is 14.7 Å². The third-order valence-corrected chi connectivity index (χ3v) is 6.03. The van der Waals surface area contributed by atoms with Gasteiger partial charge in [0.05, 0.1) is 24.3 Å². The van der Waals surface area contributed by atoms with Crippen LogP contribution in [0.5, 0.6) is 5.75 Å². The molecule has 1 aliphatic rings. The van der Waals surface area contributed by atoms with Crippen LogP contribution in [0, 0.1) is 0 Å². The molecule has 1 N–H and O–H groups in total. The standard InChI is InChI=1S/C27H33NO4/c1-7-15-28-23(18-11-9-17(8-2)10-12-18)22(25(30)26(28)31)24(29)20-16-19(27(3,4)5)13-14-21(20)32-6/h9-14,16,23,29H,7-8,15H2,1-6H3/b24-22+. The van der Waals surface area contributed by atoms with Crippen LogP contribution in [0.25, 0.3) is 5.76 Å². The summed E-state index contributed by atoms with van der Waals surface area (Å²) >= 11 is 0. The lowest BCUT2D eigenvalue weighted by Crippen LogP contribution is -2.30. The van der Waals surface area contributed by atoms with Gasteiger partial charge in [0.1, 0.15) is 11.5 Å². The van der Waals surface area contributed by atoms with Gasteiger partial charge in [0, 0.05) is 6.54 Å². The quantitative estimate of drug-likeness (QED) is 0.375. The second-order valence-corrected chi connectivity index (χ2v) is 9.25. The first-order valence-corrected chi connectivity index (χ1v) is 11.2. The number of Topliss-reactive ketones (excluding diaryl/α,β-unsaturated/α-hetero) is 1. The third kappa shape index (κ3) is 4.29. The van der Waals surface area contributed by atoms with Crippen LogP contribution in [-0.4, -0.2) is 35.4 Å². The largest absolute Gasteiger partial charge is 0.507 e. The van der Waals surface area contributed by atoms with Crippen LogP contribution in [0.4, 0.5) is 0 Å². The fraction of sp³-hybridized carbons (Fsp3) is 0.407. The number of aryl methyl sites for hydroxylation is 1. The van der Waals surface area contributed by atoms with Gasteiger partial charge in [-0.1, -0.05) is 65.0 Å². The molecule has 1 saturated heterocycles. The van der Waals surface area contributed by atoms with Gasteiger partial charge in [0.15, 0.2) is 0 Å². The van der Waals surface area contributed by atoms with Crippen molar-refractivity contribution in [3.63, 3.8) is 0 Å². The lowest BCUT2D eigenvalue weighted by atomic mass is 9.85. The van der Waals surface area contributed by atoms with Crippen molar-refractivity contribution < 1.29 is 19.4 Å². The molecule has 0 bridgehead atoms.